The van der Waals surface area contributed by atoms with E-state index in [9.17, 15) is 4.79 Å². The monoisotopic (exact) mass is 263 g/mol. The van der Waals surface area contributed by atoms with E-state index in [1.165, 1.54) is 5.56 Å². The zero-order valence-corrected chi connectivity index (χ0v) is 12.6. The first-order valence-corrected chi connectivity index (χ1v) is 6.81. The van der Waals surface area contributed by atoms with Crippen molar-refractivity contribution in [2.75, 3.05) is 0 Å². The van der Waals surface area contributed by atoms with Gasteiger partial charge in [0.15, 0.2) is 0 Å². The van der Waals surface area contributed by atoms with E-state index < -0.39 is 5.60 Å². The molecule has 3 nitrogen and oxygen atoms in total. The largest absolute Gasteiger partial charge is 0.460 e. The summed E-state index contributed by atoms with van der Waals surface area (Å²) in [6.45, 7) is 9.76. The fraction of sp³-hybridized carbons (Fsp3) is 0.562. The molecule has 106 valence electrons. The van der Waals surface area contributed by atoms with Gasteiger partial charge in [0.2, 0.25) is 0 Å². The molecule has 0 saturated heterocycles. The third kappa shape index (κ3) is 6.39. The van der Waals surface area contributed by atoms with Crippen LogP contribution in [0.25, 0.3) is 0 Å². The summed E-state index contributed by atoms with van der Waals surface area (Å²) in [6.07, 6.45) is 0.383. The van der Waals surface area contributed by atoms with Crippen molar-refractivity contribution >= 4 is 5.97 Å². The van der Waals surface area contributed by atoms with E-state index in [4.69, 9.17) is 4.74 Å². The molecule has 0 spiro atoms. The SMILES string of the molecule is CC(CC(=O)OC(C)(C)C)N[C@@H](C)c1ccccc1. The maximum atomic E-state index is 11.7. The van der Waals surface area contributed by atoms with Gasteiger partial charge in [-0.3, -0.25) is 4.79 Å². The lowest BCUT2D eigenvalue weighted by molar-refractivity contribution is -0.155. The lowest BCUT2D eigenvalue weighted by Gasteiger charge is -2.23. The molecule has 1 aromatic carbocycles. The molecule has 0 saturated carbocycles. The molecule has 0 heterocycles. The van der Waals surface area contributed by atoms with Gasteiger partial charge in [-0.15, -0.1) is 0 Å². The molecule has 19 heavy (non-hydrogen) atoms. The molecule has 1 N–H and O–H groups in total. The van der Waals surface area contributed by atoms with E-state index in [0.717, 1.165) is 0 Å². The molecule has 0 bridgehead atoms. The molecule has 1 rings (SSSR count). The third-order valence-corrected chi connectivity index (χ3v) is 2.73. The standard InChI is InChI=1S/C16H25NO2/c1-12(11-15(18)19-16(3,4)5)17-13(2)14-9-7-6-8-10-14/h6-10,12-13,17H,11H2,1-5H3/t12?,13-/m0/s1. The fourth-order valence-corrected chi connectivity index (χ4v) is 1.96. The summed E-state index contributed by atoms with van der Waals surface area (Å²) in [5.41, 5.74) is 0.806. The van der Waals surface area contributed by atoms with Gasteiger partial charge in [0.25, 0.3) is 0 Å². The molecule has 0 aliphatic heterocycles. The molecule has 3 heteroatoms. The van der Waals surface area contributed by atoms with Crippen molar-refractivity contribution in [1.29, 1.82) is 0 Å². The van der Waals surface area contributed by atoms with E-state index in [0.29, 0.717) is 6.42 Å². The minimum atomic E-state index is -0.415. The predicted octanol–water partition coefficient (Wildman–Crippen LogP) is 3.46. The van der Waals surface area contributed by atoms with Crippen LogP contribution in [0.1, 0.15) is 52.6 Å². The summed E-state index contributed by atoms with van der Waals surface area (Å²) < 4.78 is 5.32. The maximum absolute atomic E-state index is 11.7. The van der Waals surface area contributed by atoms with Gasteiger partial charge < -0.3 is 10.1 Å². The molecule has 0 aromatic heterocycles. The molecule has 0 radical (unpaired) electrons. The number of ether oxygens (including phenoxy) is 1. The summed E-state index contributed by atoms with van der Waals surface area (Å²) >= 11 is 0. The van der Waals surface area contributed by atoms with Crippen molar-refractivity contribution in [2.45, 2.75) is 58.7 Å². The van der Waals surface area contributed by atoms with Crippen LogP contribution in [-0.4, -0.2) is 17.6 Å². The number of benzene rings is 1. The molecule has 1 aromatic rings. The maximum Gasteiger partial charge on any atom is 0.307 e. The number of nitrogens with one attached hydrogen (secondary N) is 1. The minimum absolute atomic E-state index is 0.0880. The number of carbonyl (C=O) groups excluding carboxylic acids is 1. The van der Waals surface area contributed by atoms with Crippen LogP contribution in [-0.2, 0) is 9.53 Å². The molecule has 0 aliphatic carbocycles. The smallest absolute Gasteiger partial charge is 0.307 e. The second-order valence-electron chi connectivity index (χ2n) is 5.99. The van der Waals surface area contributed by atoms with Crippen molar-refractivity contribution < 1.29 is 9.53 Å². The topological polar surface area (TPSA) is 38.3 Å². The van der Waals surface area contributed by atoms with Crippen molar-refractivity contribution in [3.8, 4) is 0 Å². The van der Waals surface area contributed by atoms with Crippen LogP contribution in [0.15, 0.2) is 30.3 Å². The second-order valence-corrected chi connectivity index (χ2v) is 5.99. The average molecular weight is 263 g/mol. The summed E-state index contributed by atoms with van der Waals surface area (Å²) in [4.78, 5) is 11.7. The lowest BCUT2D eigenvalue weighted by atomic mass is 10.1. The second kappa shape index (κ2) is 6.71. The van der Waals surface area contributed by atoms with Gasteiger partial charge in [-0.1, -0.05) is 30.3 Å². The Labute approximate surface area is 116 Å². The molecule has 0 fully saturated rings. The van der Waals surface area contributed by atoms with Crippen molar-refractivity contribution in [2.24, 2.45) is 0 Å². The number of esters is 1. The number of carbonyl (C=O) groups is 1. The molecule has 2 atom stereocenters. The van der Waals surface area contributed by atoms with Gasteiger partial charge in [0.1, 0.15) is 5.60 Å². The Morgan fingerprint density at radius 3 is 2.32 bits per heavy atom. The Morgan fingerprint density at radius 1 is 1.21 bits per heavy atom. The van der Waals surface area contributed by atoms with Gasteiger partial charge in [0.05, 0.1) is 6.42 Å². The normalized spacial score (nSPS) is 14.8. The van der Waals surface area contributed by atoms with Gasteiger partial charge in [0, 0.05) is 12.1 Å². The molecule has 0 amide bonds. The van der Waals surface area contributed by atoms with Crippen molar-refractivity contribution in [1.82, 2.24) is 5.32 Å². The molecule has 0 aliphatic rings. The number of hydrogen-bond acceptors (Lipinski definition) is 3. The highest BCUT2D eigenvalue weighted by Crippen LogP contribution is 2.14. The Morgan fingerprint density at radius 2 is 1.79 bits per heavy atom. The highest BCUT2D eigenvalue weighted by molar-refractivity contribution is 5.70. The Balaban J connectivity index is 2.43. The van der Waals surface area contributed by atoms with Crippen LogP contribution in [0.4, 0.5) is 0 Å². The third-order valence-electron chi connectivity index (χ3n) is 2.73. The Kier molecular flexibility index (Phi) is 5.55. The van der Waals surface area contributed by atoms with E-state index >= 15 is 0 Å². The number of rotatable bonds is 5. The summed E-state index contributed by atoms with van der Waals surface area (Å²) in [5.74, 6) is -0.159. The number of hydrogen-bond donors (Lipinski definition) is 1. The first-order chi connectivity index (χ1) is 8.78. The van der Waals surface area contributed by atoms with Crippen LogP contribution >= 0.6 is 0 Å². The summed E-state index contributed by atoms with van der Waals surface area (Å²) in [5, 5.41) is 3.41. The first kappa shape index (κ1) is 15.7. The summed E-state index contributed by atoms with van der Waals surface area (Å²) in [6, 6.07) is 10.5. The van der Waals surface area contributed by atoms with Gasteiger partial charge in [-0.05, 0) is 40.2 Å². The minimum Gasteiger partial charge on any atom is -0.460 e. The van der Waals surface area contributed by atoms with Crippen molar-refractivity contribution in [3.63, 3.8) is 0 Å². The van der Waals surface area contributed by atoms with Crippen LogP contribution in [0.2, 0.25) is 0 Å². The van der Waals surface area contributed by atoms with Gasteiger partial charge in [-0.2, -0.15) is 0 Å². The fourth-order valence-electron chi connectivity index (χ4n) is 1.96. The molecule has 1 unspecified atom stereocenters. The van der Waals surface area contributed by atoms with Crippen molar-refractivity contribution in [3.05, 3.63) is 35.9 Å². The predicted molar refractivity (Wildman–Crippen MR) is 77.9 cm³/mol. The van der Waals surface area contributed by atoms with Crippen LogP contribution < -0.4 is 5.32 Å². The average Bonchev–Trinajstić information content (AvgIpc) is 2.27. The van der Waals surface area contributed by atoms with Crippen LogP contribution in [0.5, 0.6) is 0 Å². The summed E-state index contributed by atoms with van der Waals surface area (Å²) in [7, 11) is 0. The van der Waals surface area contributed by atoms with E-state index in [1.54, 1.807) is 0 Å². The van der Waals surface area contributed by atoms with E-state index in [2.05, 4.69) is 24.4 Å². The lowest BCUT2D eigenvalue weighted by Crippen LogP contribution is -2.33. The van der Waals surface area contributed by atoms with Gasteiger partial charge >= 0.3 is 5.97 Å². The highest BCUT2D eigenvalue weighted by atomic mass is 16.6. The van der Waals surface area contributed by atoms with Gasteiger partial charge in [-0.25, -0.2) is 0 Å². The molecular formula is C16H25NO2. The first-order valence-electron chi connectivity index (χ1n) is 6.81. The Hall–Kier alpha value is -1.35. The molecular weight excluding hydrogens is 238 g/mol. The Bertz CT molecular complexity index is 395. The van der Waals surface area contributed by atoms with E-state index in [-0.39, 0.29) is 18.1 Å². The highest BCUT2D eigenvalue weighted by Gasteiger charge is 2.19. The zero-order chi connectivity index (χ0) is 14.5. The zero-order valence-electron chi connectivity index (χ0n) is 12.6. The quantitative estimate of drug-likeness (QED) is 0.827. The van der Waals surface area contributed by atoms with E-state index in [1.807, 2.05) is 45.9 Å². The van der Waals surface area contributed by atoms with Crippen LogP contribution in [0.3, 0.4) is 0 Å². The van der Waals surface area contributed by atoms with Crippen LogP contribution in [0, 0.1) is 0 Å².